The first-order valence-electron chi connectivity index (χ1n) is 8.32. The van der Waals surface area contributed by atoms with Crippen LogP contribution in [0.15, 0.2) is 34.2 Å². The third-order valence-corrected chi connectivity index (χ3v) is 5.18. The summed E-state index contributed by atoms with van der Waals surface area (Å²) < 4.78 is 7.08. The zero-order valence-corrected chi connectivity index (χ0v) is 15.1. The van der Waals surface area contributed by atoms with Crippen LogP contribution in [0.1, 0.15) is 25.3 Å². The topological polar surface area (TPSA) is 113 Å². The van der Waals surface area contributed by atoms with Gasteiger partial charge in [-0.05, 0) is 31.9 Å². The molecule has 0 saturated carbocycles. The van der Waals surface area contributed by atoms with Crippen molar-refractivity contribution in [2.75, 3.05) is 11.9 Å². The fourth-order valence-electron chi connectivity index (χ4n) is 2.68. The van der Waals surface area contributed by atoms with E-state index >= 15 is 0 Å². The number of amides is 1. The molecular weight excluding hydrogens is 354 g/mol. The molecule has 0 aliphatic carbocycles. The molecule has 2 aromatic rings. The molecule has 8 nitrogen and oxygen atoms in total. The lowest BCUT2D eigenvalue weighted by molar-refractivity contribution is -0.115. The van der Waals surface area contributed by atoms with E-state index in [2.05, 4.69) is 15.5 Å². The average molecular weight is 373 g/mol. The Balaban J connectivity index is 1.68. The number of nitrogens with one attached hydrogen (secondary N) is 2. The van der Waals surface area contributed by atoms with Crippen molar-refractivity contribution in [2.24, 2.45) is 0 Å². The summed E-state index contributed by atoms with van der Waals surface area (Å²) in [6, 6.07) is 8.85. The van der Waals surface area contributed by atoms with Crippen molar-refractivity contribution in [2.45, 2.75) is 42.8 Å². The van der Waals surface area contributed by atoms with Crippen molar-refractivity contribution in [3.8, 4) is 6.07 Å². The van der Waals surface area contributed by atoms with Crippen molar-refractivity contribution in [1.29, 1.82) is 5.26 Å². The molecular formula is C17H19N5O3S. The highest BCUT2D eigenvalue weighted by Crippen LogP contribution is 2.23. The Kier molecular flexibility index (Phi) is 5.75. The number of anilines is 1. The Labute approximate surface area is 154 Å². The Morgan fingerprint density at radius 2 is 2.38 bits per heavy atom. The molecule has 1 aliphatic heterocycles. The molecule has 0 bridgehead atoms. The van der Waals surface area contributed by atoms with Crippen LogP contribution in [0.25, 0.3) is 0 Å². The first kappa shape index (κ1) is 18.2. The molecule has 0 unspecified atom stereocenters. The molecule has 1 aromatic carbocycles. The summed E-state index contributed by atoms with van der Waals surface area (Å²) in [5.41, 5.74) is 0.546. The maximum atomic E-state index is 12.5. The highest BCUT2D eigenvalue weighted by molar-refractivity contribution is 8.00. The molecule has 0 spiro atoms. The minimum atomic E-state index is -0.500. The van der Waals surface area contributed by atoms with Crippen LogP contribution < -0.4 is 11.0 Å². The Bertz CT molecular complexity index is 879. The van der Waals surface area contributed by atoms with E-state index < -0.39 is 5.25 Å². The van der Waals surface area contributed by atoms with E-state index in [4.69, 9.17) is 10.00 Å². The molecule has 26 heavy (non-hydrogen) atoms. The first-order chi connectivity index (χ1) is 12.6. The van der Waals surface area contributed by atoms with Crippen molar-refractivity contribution in [3.05, 3.63) is 40.3 Å². The molecule has 1 aromatic heterocycles. The van der Waals surface area contributed by atoms with Crippen LogP contribution in [0, 0.1) is 11.3 Å². The number of hydrogen-bond donors (Lipinski definition) is 2. The van der Waals surface area contributed by atoms with Crippen LogP contribution in [0.5, 0.6) is 0 Å². The molecule has 3 rings (SSSR count). The van der Waals surface area contributed by atoms with E-state index in [9.17, 15) is 9.59 Å². The molecule has 9 heteroatoms. The van der Waals surface area contributed by atoms with E-state index in [0.29, 0.717) is 29.6 Å². The van der Waals surface area contributed by atoms with Gasteiger partial charge >= 0.3 is 5.69 Å². The highest BCUT2D eigenvalue weighted by atomic mass is 32.2. The van der Waals surface area contributed by atoms with Crippen molar-refractivity contribution < 1.29 is 9.53 Å². The summed E-state index contributed by atoms with van der Waals surface area (Å²) in [7, 11) is 0. The maximum Gasteiger partial charge on any atom is 0.344 e. The third kappa shape index (κ3) is 4.15. The van der Waals surface area contributed by atoms with Gasteiger partial charge in [-0.1, -0.05) is 23.9 Å². The summed E-state index contributed by atoms with van der Waals surface area (Å²) in [5, 5.41) is 18.3. The van der Waals surface area contributed by atoms with Gasteiger partial charge in [-0.15, -0.1) is 5.10 Å². The van der Waals surface area contributed by atoms with E-state index in [0.717, 1.165) is 12.8 Å². The van der Waals surface area contributed by atoms with Gasteiger partial charge in [0.2, 0.25) is 5.91 Å². The van der Waals surface area contributed by atoms with Crippen molar-refractivity contribution in [3.63, 3.8) is 0 Å². The smallest absolute Gasteiger partial charge is 0.344 e. The number of carbonyl (C=O) groups is 1. The molecule has 2 atom stereocenters. The van der Waals surface area contributed by atoms with E-state index in [-0.39, 0.29) is 17.7 Å². The molecule has 2 N–H and O–H groups in total. The monoisotopic (exact) mass is 373 g/mol. The largest absolute Gasteiger partial charge is 0.376 e. The number of ether oxygens (including phenoxy) is 1. The minimum Gasteiger partial charge on any atom is -0.376 e. The van der Waals surface area contributed by atoms with Crippen LogP contribution in [0.4, 0.5) is 5.69 Å². The zero-order valence-electron chi connectivity index (χ0n) is 14.3. The Morgan fingerprint density at radius 1 is 1.58 bits per heavy atom. The number of nitrogens with zero attached hydrogens (tertiary/aromatic N) is 3. The highest BCUT2D eigenvalue weighted by Gasteiger charge is 2.23. The summed E-state index contributed by atoms with van der Waals surface area (Å²) >= 11 is 1.19. The van der Waals surface area contributed by atoms with Crippen molar-refractivity contribution in [1.82, 2.24) is 14.8 Å². The lowest BCUT2D eigenvalue weighted by Gasteiger charge is -2.14. The van der Waals surface area contributed by atoms with Crippen LogP contribution in [-0.4, -0.2) is 38.6 Å². The second-order valence-corrected chi connectivity index (χ2v) is 7.27. The summed E-state index contributed by atoms with van der Waals surface area (Å²) in [4.78, 5) is 24.4. The number of aromatic nitrogens is 3. The SMILES string of the molecule is C[C@H](Sc1n[nH]c(=O)n1C[C@@H]1CCCO1)C(=O)Nc1ccccc1C#N. The van der Waals surface area contributed by atoms with Gasteiger partial charge in [0.1, 0.15) is 6.07 Å². The van der Waals surface area contributed by atoms with Gasteiger partial charge in [0.05, 0.1) is 29.1 Å². The second-order valence-electron chi connectivity index (χ2n) is 5.96. The Morgan fingerprint density at radius 3 is 3.12 bits per heavy atom. The first-order valence-corrected chi connectivity index (χ1v) is 9.20. The van der Waals surface area contributed by atoms with Crippen LogP contribution >= 0.6 is 11.8 Å². The summed E-state index contributed by atoms with van der Waals surface area (Å²) in [5.74, 6) is -0.267. The number of thioether (sulfide) groups is 1. The molecule has 1 fully saturated rings. The maximum absolute atomic E-state index is 12.5. The van der Waals surface area contributed by atoms with Gasteiger partial charge in [0.15, 0.2) is 5.16 Å². The molecule has 136 valence electrons. The number of hydrogen-bond acceptors (Lipinski definition) is 6. The number of benzene rings is 1. The minimum absolute atomic E-state index is 0.00344. The number of rotatable bonds is 6. The van der Waals surface area contributed by atoms with Crippen molar-refractivity contribution >= 4 is 23.4 Å². The molecule has 2 heterocycles. The number of aromatic amines is 1. The van der Waals surface area contributed by atoms with Crippen LogP contribution in [0.3, 0.4) is 0 Å². The zero-order chi connectivity index (χ0) is 18.5. The van der Waals surface area contributed by atoms with Gasteiger partial charge in [-0.3, -0.25) is 9.36 Å². The Hall–Kier alpha value is -2.57. The fourth-order valence-corrected chi connectivity index (χ4v) is 3.55. The van der Waals surface area contributed by atoms with E-state index in [1.54, 1.807) is 31.2 Å². The predicted octanol–water partition coefficient (Wildman–Crippen LogP) is 1.74. The second kappa shape index (κ2) is 8.21. The normalized spacial score (nSPS) is 17.6. The van der Waals surface area contributed by atoms with E-state index in [1.165, 1.54) is 16.3 Å². The predicted molar refractivity (Wildman–Crippen MR) is 96.9 cm³/mol. The van der Waals surface area contributed by atoms with Gasteiger partial charge in [0, 0.05) is 6.61 Å². The average Bonchev–Trinajstić information content (AvgIpc) is 3.27. The number of H-pyrrole nitrogens is 1. The number of para-hydroxylation sites is 1. The third-order valence-electron chi connectivity index (χ3n) is 4.09. The van der Waals surface area contributed by atoms with Gasteiger partial charge in [0.25, 0.3) is 0 Å². The summed E-state index contributed by atoms with van der Waals surface area (Å²) in [6.45, 7) is 2.85. The van der Waals surface area contributed by atoms with Gasteiger partial charge < -0.3 is 10.1 Å². The van der Waals surface area contributed by atoms with Gasteiger partial charge in [-0.25, -0.2) is 9.89 Å². The molecule has 0 radical (unpaired) electrons. The molecule has 1 aliphatic rings. The standard InChI is InChI=1S/C17H19N5O3S/c1-11(15(23)19-14-7-3-2-5-12(14)9-18)26-17-21-20-16(24)22(17)10-13-6-4-8-25-13/h2-3,5,7,11,13H,4,6,8,10H2,1H3,(H,19,23)(H,20,24)/t11-,13-/m0/s1. The molecule has 1 saturated heterocycles. The number of carbonyl (C=O) groups excluding carboxylic acids is 1. The number of nitriles is 1. The van der Waals surface area contributed by atoms with Crippen LogP contribution in [-0.2, 0) is 16.1 Å². The molecule has 1 amide bonds. The van der Waals surface area contributed by atoms with Gasteiger partial charge in [-0.2, -0.15) is 5.26 Å². The van der Waals surface area contributed by atoms with Crippen LogP contribution in [0.2, 0.25) is 0 Å². The fraction of sp³-hybridized carbons (Fsp3) is 0.412. The lowest BCUT2D eigenvalue weighted by Crippen LogP contribution is -2.27. The van der Waals surface area contributed by atoms with E-state index in [1.807, 2.05) is 6.07 Å². The quantitative estimate of drug-likeness (QED) is 0.746. The summed E-state index contributed by atoms with van der Waals surface area (Å²) in [6.07, 6.45) is 1.89. The lowest BCUT2D eigenvalue weighted by atomic mass is 10.2.